The molecule has 3 rings (SSSR count). The molecule has 3 aromatic rings. The number of rotatable bonds is 4. The summed E-state index contributed by atoms with van der Waals surface area (Å²) < 4.78 is 6.38. The Hall–Kier alpha value is -3.42. The Balaban J connectivity index is 0.00000166. The van der Waals surface area contributed by atoms with Crippen LogP contribution in [0, 0.1) is 11.3 Å². The molecule has 2 N–H and O–H groups in total. The van der Waals surface area contributed by atoms with E-state index >= 15 is 0 Å². The summed E-state index contributed by atoms with van der Waals surface area (Å²) in [5, 5.41) is 18.8. The van der Waals surface area contributed by atoms with Crippen LogP contribution in [0.5, 0.6) is 11.6 Å². The SMILES string of the molecule is CC.CC(C)c1cc(Oc2c(Cl)cc(-n3nc(C#N)c(=O)[nH]c3=O)cc2Cl)n[nH]c1=O. The van der Waals surface area contributed by atoms with Gasteiger partial charge >= 0.3 is 5.69 Å². The van der Waals surface area contributed by atoms with Crippen LogP contribution in [-0.4, -0.2) is 25.0 Å². The Kier molecular flexibility index (Phi) is 7.74. The number of hydrogen-bond donors (Lipinski definition) is 2. The molecule has 1 aromatic carbocycles. The summed E-state index contributed by atoms with van der Waals surface area (Å²) in [6, 6.07) is 5.67. The standard InChI is InChI=1S/C17H12Cl2N6O4.C2H6/c1-7(2)9-5-13(22-23-15(9)26)29-14-10(18)3-8(4-11(14)19)25-17(28)21-16(27)12(6-20)24-25;1-2/h3-5,7H,1-2H3,(H,23,26)(H,21,27,28);1-2H3. The van der Waals surface area contributed by atoms with Gasteiger partial charge in [0.2, 0.25) is 11.6 Å². The predicted octanol–water partition coefficient (Wildman–Crippen LogP) is 3.12. The van der Waals surface area contributed by atoms with Gasteiger partial charge in [0.15, 0.2) is 5.75 Å². The van der Waals surface area contributed by atoms with Crippen molar-refractivity contribution in [1.29, 1.82) is 5.26 Å². The lowest BCUT2D eigenvalue weighted by Crippen LogP contribution is -2.33. The van der Waals surface area contributed by atoms with Gasteiger partial charge in [-0.2, -0.15) is 9.94 Å². The molecular formula is C19H18Cl2N6O4. The third kappa shape index (κ3) is 5.20. The van der Waals surface area contributed by atoms with Gasteiger partial charge in [0, 0.05) is 11.6 Å². The molecule has 0 atom stereocenters. The van der Waals surface area contributed by atoms with Crippen molar-refractivity contribution in [2.24, 2.45) is 0 Å². The van der Waals surface area contributed by atoms with Crippen molar-refractivity contribution in [2.75, 3.05) is 0 Å². The van der Waals surface area contributed by atoms with E-state index in [-0.39, 0.29) is 38.8 Å². The second-order valence-electron chi connectivity index (χ2n) is 6.12. The molecule has 0 radical (unpaired) electrons. The summed E-state index contributed by atoms with van der Waals surface area (Å²) >= 11 is 12.5. The van der Waals surface area contributed by atoms with Crippen molar-refractivity contribution in [3.8, 4) is 23.4 Å². The Morgan fingerprint density at radius 3 is 2.26 bits per heavy atom. The number of nitriles is 1. The topological polar surface area (TPSA) is 147 Å². The van der Waals surface area contributed by atoms with E-state index in [0.717, 1.165) is 4.68 Å². The van der Waals surface area contributed by atoms with E-state index in [4.69, 9.17) is 33.2 Å². The van der Waals surface area contributed by atoms with E-state index in [1.807, 2.05) is 32.7 Å². The quantitative estimate of drug-likeness (QED) is 0.602. The van der Waals surface area contributed by atoms with Crippen LogP contribution in [0.2, 0.25) is 10.0 Å². The molecule has 0 aliphatic heterocycles. The molecule has 0 bridgehead atoms. The third-order valence-corrected chi connectivity index (χ3v) is 4.36. The summed E-state index contributed by atoms with van der Waals surface area (Å²) in [6.45, 7) is 7.68. The number of aromatic nitrogens is 5. The summed E-state index contributed by atoms with van der Waals surface area (Å²) in [7, 11) is 0. The highest BCUT2D eigenvalue weighted by atomic mass is 35.5. The van der Waals surface area contributed by atoms with Gasteiger partial charge in [-0.1, -0.05) is 50.9 Å². The molecule has 2 heterocycles. The fourth-order valence-corrected chi connectivity index (χ4v) is 2.95. The van der Waals surface area contributed by atoms with Crippen LogP contribution in [0.15, 0.2) is 32.6 Å². The fraction of sp³-hybridized carbons (Fsp3) is 0.263. The number of halogens is 2. The molecule has 31 heavy (non-hydrogen) atoms. The molecule has 0 fully saturated rings. The van der Waals surface area contributed by atoms with Gasteiger partial charge in [-0.3, -0.25) is 14.6 Å². The van der Waals surface area contributed by atoms with Gasteiger partial charge in [0.1, 0.15) is 6.07 Å². The van der Waals surface area contributed by atoms with Crippen molar-refractivity contribution >= 4 is 23.2 Å². The van der Waals surface area contributed by atoms with E-state index in [0.29, 0.717) is 5.56 Å². The number of H-pyrrole nitrogens is 2. The molecule has 0 unspecified atom stereocenters. The first-order chi connectivity index (χ1) is 14.7. The van der Waals surface area contributed by atoms with Gasteiger partial charge in [-0.05, 0) is 18.1 Å². The first kappa shape index (κ1) is 23.9. The van der Waals surface area contributed by atoms with Gasteiger partial charge in [0.05, 0.1) is 15.7 Å². The van der Waals surface area contributed by atoms with Crippen LogP contribution in [0.4, 0.5) is 0 Å². The second kappa shape index (κ2) is 10.1. The van der Waals surface area contributed by atoms with E-state index in [1.165, 1.54) is 18.2 Å². The molecular weight excluding hydrogens is 447 g/mol. The monoisotopic (exact) mass is 464 g/mol. The highest BCUT2D eigenvalue weighted by Gasteiger charge is 2.16. The number of nitrogens with one attached hydrogen (secondary N) is 2. The van der Waals surface area contributed by atoms with Crippen LogP contribution < -0.4 is 21.5 Å². The van der Waals surface area contributed by atoms with Gasteiger partial charge in [-0.25, -0.2) is 9.89 Å². The van der Waals surface area contributed by atoms with Crippen LogP contribution in [-0.2, 0) is 0 Å². The zero-order valence-electron chi connectivity index (χ0n) is 17.0. The van der Waals surface area contributed by atoms with E-state index in [9.17, 15) is 14.4 Å². The van der Waals surface area contributed by atoms with Crippen LogP contribution in [0.1, 0.15) is 44.9 Å². The maximum absolute atomic E-state index is 12.0. The Morgan fingerprint density at radius 1 is 1.10 bits per heavy atom. The molecule has 2 aromatic heterocycles. The minimum atomic E-state index is -0.906. The number of aromatic amines is 2. The van der Waals surface area contributed by atoms with Gasteiger partial charge in [-0.15, -0.1) is 10.2 Å². The fourth-order valence-electron chi connectivity index (χ4n) is 2.40. The van der Waals surface area contributed by atoms with Crippen LogP contribution >= 0.6 is 23.2 Å². The highest BCUT2D eigenvalue weighted by Crippen LogP contribution is 2.37. The second-order valence-corrected chi connectivity index (χ2v) is 6.93. The van der Waals surface area contributed by atoms with Crippen LogP contribution in [0.3, 0.4) is 0 Å². The lowest BCUT2D eigenvalue weighted by Gasteiger charge is -2.12. The highest BCUT2D eigenvalue weighted by molar-refractivity contribution is 6.37. The molecule has 12 heteroatoms. The lowest BCUT2D eigenvalue weighted by atomic mass is 10.1. The van der Waals surface area contributed by atoms with Gasteiger partial charge in [0.25, 0.3) is 11.1 Å². The smallest absolute Gasteiger partial charge is 0.349 e. The van der Waals surface area contributed by atoms with Crippen molar-refractivity contribution in [2.45, 2.75) is 33.6 Å². The van der Waals surface area contributed by atoms with Crippen LogP contribution in [0.25, 0.3) is 5.69 Å². The minimum absolute atomic E-state index is 0.00463. The maximum atomic E-state index is 12.0. The zero-order chi connectivity index (χ0) is 23.3. The van der Waals surface area contributed by atoms with E-state index < -0.39 is 16.9 Å². The Bertz CT molecular complexity index is 1300. The molecule has 0 saturated carbocycles. The number of benzene rings is 1. The molecule has 0 aliphatic rings. The molecule has 0 saturated heterocycles. The summed E-state index contributed by atoms with van der Waals surface area (Å²) in [6.07, 6.45) is 0. The molecule has 0 spiro atoms. The maximum Gasteiger partial charge on any atom is 0.349 e. The summed E-state index contributed by atoms with van der Waals surface area (Å²) in [5.74, 6) is 0.0326. The zero-order valence-corrected chi connectivity index (χ0v) is 18.5. The third-order valence-electron chi connectivity index (χ3n) is 3.80. The number of ether oxygens (including phenoxy) is 1. The van der Waals surface area contributed by atoms with Crippen molar-refractivity contribution < 1.29 is 4.74 Å². The van der Waals surface area contributed by atoms with Crippen molar-refractivity contribution in [3.05, 3.63) is 70.7 Å². The summed E-state index contributed by atoms with van der Waals surface area (Å²) in [4.78, 5) is 37.3. The molecule has 0 aliphatic carbocycles. The van der Waals surface area contributed by atoms with Crippen molar-refractivity contribution in [3.63, 3.8) is 0 Å². The molecule has 0 amide bonds. The van der Waals surface area contributed by atoms with Crippen molar-refractivity contribution in [1.82, 2.24) is 25.0 Å². The Labute approximate surface area is 186 Å². The Morgan fingerprint density at radius 2 is 1.71 bits per heavy atom. The van der Waals surface area contributed by atoms with E-state index in [2.05, 4.69) is 15.3 Å². The molecule has 10 nitrogen and oxygen atoms in total. The first-order valence-electron chi connectivity index (χ1n) is 9.12. The average molecular weight is 465 g/mol. The van der Waals surface area contributed by atoms with Gasteiger partial charge < -0.3 is 4.74 Å². The first-order valence-corrected chi connectivity index (χ1v) is 9.87. The summed E-state index contributed by atoms with van der Waals surface area (Å²) in [5.41, 5.74) is -2.06. The predicted molar refractivity (Wildman–Crippen MR) is 116 cm³/mol. The largest absolute Gasteiger partial charge is 0.434 e. The number of hydrogen-bond acceptors (Lipinski definition) is 7. The average Bonchev–Trinajstić information content (AvgIpc) is 2.73. The number of nitrogens with zero attached hydrogens (tertiary/aromatic N) is 4. The lowest BCUT2D eigenvalue weighted by molar-refractivity contribution is 0.452. The molecule has 162 valence electrons. The normalized spacial score (nSPS) is 10.3. The minimum Gasteiger partial charge on any atom is -0.434 e. The van der Waals surface area contributed by atoms with E-state index in [1.54, 1.807) is 6.07 Å².